The van der Waals surface area contributed by atoms with E-state index in [1.54, 1.807) is 18.2 Å². The zero-order chi connectivity index (χ0) is 15.5. The third kappa shape index (κ3) is 4.31. The number of aliphatic hydroxyl groups excluding tert-OH is 1. The first-order valence-corrected chi connectivity index (χ1v) is 8.97. The van der Waals surface area contributed by atoms with E-state index in [4.69, 9.17) is 16.7 Å². The molecule has 0 radical (unpaired) electrons. The lowest BCUT2D eigenvalue weighted by Crippen LogP contribution is -2.12. The van der Waals surface area contributed by atoms with Gasteiger partial charge in [0.15, 0.2) is 0 Å². The number of aromatic nitrogens is 2. The molecule has 1 aromatic carbocycles. The second-order valence-electron chi connectivity index (χ2n) is 4.25. The summed E-state index contributed by atoms with van der Waals surface area (Å²) >= 11 is 8.11. The first kappa shape index (κ1) is 16.5. The molecule has 0 bridgehead atoms. The number of rotatable bonds is 6. The number of aryl methyl sites for hydroxylation is 1. The number of hydrogen-bond acceptors (Lipinski definition) is 4. The van der Waals surface area contributed by atoms with Gasteiger partial charge >= 0.3 is 0 Å². The normalized spacial score (nSPS) is 11.6. The number of anilines is 1. The Kier molecular flexibility index (Phi) is 5.47. The molecule has 0 aliphatic heterocycles. The van der Waals surface area contributed by atoms with Crippen molar-refractivity contribution in [3.8, 4) is 0 Å². The summed E-state index contributed by atoms with van der Waals surface area (Å²) in [6.45, 7) is 0.481. The lowest BCUT2D eigenvalue weighted by molar-refractivity contribution is 0.277. The van der Waals surface area contributed by atoms with Crippen LogP contribution in [0, 0.1) is 3.57 Å². The molecule has 6 nitrogen and oxygen atoms in total. The minimum Gasteiger partial charge on any atom is -0.396 e. The monoisotopic (exact) mass is 441 g/mol. The summed E-state index contributed by atoms with van der Waals surface area (Å²) in [5.74, 6) is 0. The molecular formula is C12H13ClIN3O3S. The van der Waals surface area contributed by atoms with Crippen LogP contribution in [0.1, 0.15) is 6.42 Å². The van der Waals surface area contributed by atoms with Crippen molar-refractivity contribution in [1.29, 1.82) is 0 Å². The zero-order valence-corrected chi connectivity index (χ0v) is 14.6. The summed E-state index contributed by atoms with van der Waals surface area (Å²) in [6.07, 6.45) is 3.19. The van der Waals surface area contributed by atoms with Crippen LogP contribution in [-0.2, 0) is 16.6 Å². The number of nitrogens with one attached hydrogen (secondary N) is 1. The Morgan fingerprint density at radius 1 is 1.43 bits per heavy atom. The van der Waals surface area contributed by atoms with E-state index in [9.17, 15) is 8.42 Å². The maximum atomic E-state index is 12.3. The average Bonchev–Trinajstić information content (AvgIpc) is 2.89. The number of halogens is 2. The Labute approximate surface area is 141 Å². The van der Waals surface area contributed by atoms with Crippen LogP contribution in [0.4, 0.5) is 5.69 Å². The fourth-order valence-electron chi connectivity index (χ4n) is 1.61. The highest BCUT2D eigenvalue weighted by atomic mass is 127. The topological polar surface area (TPSA) is 84.2 Å². The smallest absolute Gasteiger partial charge is 0.265 e. The van der Waals surface area contributed by atoms with Gasteiger partial charge in [0.2, 0.25) is 0 Å². The molecule has 0 unspecified atom stereocenters. The van der Waals surface area contributed by atoms with E-state index in [-0.39, 0.29) is 11.5 Å². The van der Waals surface area contributed by atoms with Crippen LogP contribution in [0.5, 0.6) is 0 Å². The molecule has 0 saturated heterocycles. The summed E-state index contributed by atoms with van der Waals surface area (Å²) < 4.78 is 29.3. The molecular weight excluding hydrogens is 429 g/mol. The van der Waals surface area contributed by atoms with Gasteiger partial charge in [0, 0.05) is 22.9 Å². The largest absolute Gasteiger partial charge is 0.396 e. The van der Waals surface area contributed by atoms with Crippen molar-refractivity contribution in [2.24, 2.45) is 0 Å². The van der Waals surface area contributed by atoms with Gasteiger partial charge in [-0.05, 0) is 47.2 Å². The first-order valence-electron chi connectivity index (χ1n) is 6.03. The van der Waals surface area contributed by atoms with E-state index in [1.165, 1.54) is 17.1 Å². The molecule has 0 atom stereocenters. The fourth-order valence-corrected chi connectivity index (χ4v) is 3.61. The third-order valence-corrected chi connectivity index (χ3v) is 4.94. The molecule has 0 fully saturated rings. The molecule has 9 heteroatoms. The highest BCUT2D eigenvalue weighted by molar-refractivity contribution is 14.1. The highest BCUT2D eigenvalue weighted by Gasteiger charge is 2.18. The lowest BCUT2D eigenvalue weighted by Gasteiger charge is -2.08. The Morgan fingerprint density at radius 3 is 2.86 bits per heavy atom. The van der Waals surface area contributed by atoms with Gasteiger partial charge in [0.25, 0.3) is 10.0 Å². The van der Waals surface area contributed by atoms with Gasteiger partial charge in [-0.3, -0.25) is 9.40 Å². The molecule has 0 aliphatic rings. The van der Waals surface area contributed by atoms with Crippen molar-refractivity contribution >= 4 is 49.9 Å². The van der Waals surface area contributed by atoms with E-state index in [1.807, 2.05) is 0 Å². The highest BCUT2D eigenvalue weighted by Crippen LogP contribution is 2.26. The predicted molar refractivity (Wildman–Crippen MR) is 88.9 cm³/mol. The molecule has 2 aromatic rings. The van der Waals surface area contributed by atoms with Crippen LogP contribution in [0.25, 0.3) is 0 Å². The molecule has 0 spiro atoms. The molecule has 0 aliphatic carbocycles. The Bertz CT molecular complexity index is 733. The Hall–Kier alpha value is -0.840. The van der Waals surface area contributed by atoms with E-state index in [0.29, 0.717) is 23.7 Å². The summed E-state index contributed by atoms with van der Waals surface area (Å²) in [5, 5.41) is 13.0. The Morgan fingerprint density at radius 2 is 2.19 bits per heavy atom. The van der Waals surface area contributed by atoms with Crippen molar-refractivity contribution in [2.45, 2.75) is 17.9 Å². The van der Waals surface area contributed by atoms with Crippen molar-refractivity contribution in [3.63, 3.8) is 0 Å². The standard InChI is InChI=1S/C12H13ClIN3O3S/c13-11-6-9(14)2-3-12(11)16-21(19,20)10-7-15-17(8-10)4-1-5-18/h2-3,6-8,16,18H,1,4-5H2. The lowest BCUT2D eigenvalue weighted by atomic mass is 10.3. The minimum atomic E-state index is -3.74. The van der Waals surface area contributed by atoms with Gasteiger partial charge in [-0.25, -0.2) is 8.42 Å². The molecule has 2 N–H and O–H groups in total. The SMILES string of the molecule is O=S(=O)(Nc1ccc(I)cc1Cl)c1cnn(CCCO)c1. The molecule has 2 rings (SSSR count). The molecule has 1 aromatic heterocycles. The van der Waals surface area contributed by atoms with E-state index in [2.05, 4.69) is 32.4 Å². The van der Waals surface area contributed by atoms with Crippen molar-refractivity contribution in [3.05, 3.63) is 39.2 Å². The molecule has 0 amide bonds. The molecule has 1 heterocycles. The molecule has 0 saturated carbocycles. The summed E-state index contributed by atoms with van der Waals surface area (Å²) in [4.78, 5) is 0.0510. The van der Waals surface area contributed by atoms with Crippen LogP contribution in [0.3, 0.4) is 0 Å². The van der Waals surface area contributed by atoms with Gasteiger partial charge in [0.1, 0.15) is 4.90 Å². The van der Waals surface area contributed by atoms with E-state index >= 15 is 0 Å². The first-order chi connectivity index (χ1) is 9.92. The average molecular weight is 442 g/mol. The third-order valence-electron chi connectivity index (χ3n) is 2.64. The summed E-state index contributed by atoms with van der Waals surface area (Å²) in [5.41, 5.74) is 0.320. The number of nitrogens with zero attached hydrogens (tertiary/aromatic N) is 2. The van der Waals surface area contributed by atoms with Crippen LogP contribution in [-0.4, -0.2) is 29.9 Å². The van der Waals surface area contributed by atoms with Crippen LogP contribution >= 0.6 is 34.2 Å². The number of hydrogen-bond donors (Lipinski definition) is 2. The maximum absolute atomic E-state index is 12.3. The van der Waals surface area contributed by atoms with Crippen LogP contribution < -0.4 is 4.72 Å². The van der Waals surface area contributed by atoms with Gasteiger partial charge in [-0.2, -0.15) is 5.10 Å². The predicted octanol–water partition coefficient (Wildman–Crippen LogP) is 2.32. The van der Waals surface area contributed by atoms with Gasteiger partial charge in [0.05, 0.1) is 16.9 Å². The number of benzene rings is 1. The number of sulfonamides is 1. The van der Waals surface area contributed by atoms with Crippen LogP contribution in [0.2, 0.25) is 5.02 Å². The van der Waals surface area contributed by atoms with Crippen molar-refractivity contribution in [2.75, 3.05) is 11.3 Å². The summed E-state index contributed by atoms with van der Waals surface area (Å²) in [6, 6.07) is 5.04. The maximum Gasteiger partial charge on any atom is 0.265 e. The second kappa shape index (κ2) is 6.95. The van der Waals surface area contributed by atoms with E-state index < -0.39 is 10.0 Å². The molecule has 21 heavy (non-hydrogen) atoms. The van der Waals surface area contributed by atoms with Crippen LogP contribution in [0.15, 0.2) is 35.5 Å². The van der Waals surface area contributed by atoms with Crippen molar-refractivity contribution in [1.82, 2.24) is 9.78 Å². The van der Waals surface area contributed by atoms with Gasteiger partial charge in [-0.1, -0.05) is 11.6 Å². The molecule has 114 valence electrons. The quantitative estimate of drug-likeness (QED) is 0.674. The van der Waals surface area contributed by atoms with E-state index in [0.717, 1.165) is 3.57 Å². The Balaban J connectivity index is 2.19. The summed E-state index contributed by atoms with van der Waals surface area (Å²) in [7, 11) is -3.74. The fraction of sp³-hybridized carbons (Fsp3) is 0.250. The second-order valence-corrected chi connectivity index (χ2v) is 7.58. The minimum absolute atomic E-state index is 0.0262. The zero-order valence-electron chi connectivity index (χ0n) is 10.8. The number of aliphatic hydroxyl groups is 1. The van der Waals surface area contributed by atoms with Crippen molar-refractivity contribution < 1.29 is 13.5 Å². The van der Waals surface area contributed by atoms with Gasteiger partial charge < -0.3 is 5.11 Å². The van der Waals surface area contributed by atoms with Gasteiger partial charge in [-0.15, -0.1) is 0 Å².